The molecule has 1 aromatic heterocycles. The summed E-state index contributed by atoms with van der Waals surface area (Å²) in [7, 11) is 0. The summed E-state index contributed by atoms with van der Waals surface area (Å²) >= 11 is 0. The van der Waals surface area contributed by atoms with Crippen molar-refractivity contribution in [3.8, 4) is 0 Å². The lowest BCUT2D eigenvalue weighted by atomic mass is 10.1. The minimum Gasteiger partial charge on any atom is -0.456 e. The van der Waals surface area contributed by atoms with E-state index >= 15 is 0 Å². The molecule has 1 amide bonds. The molecule has 0 saturated heterocycles. The minimum atomic E-state index is -0.492. The number of amides is 1. The molecular weight excluding hydrogens is 292 g/mol. The molecule has 5 heteroatoms. The van der Waals surface area contributed by atoms with Crippen LogP contribution in [-0.2, 0) is 11.3 Å². The number of fused-ring (bicyclic) bond motifs is 1. The van der Waals surface area contributed by atoms with Crippen LogP contribution in [0.25, 0.3) is 10.9 Å². The summed E-state index contributed by atoms with van der Waals surface area (Å²) in [6.07, 6.45) is 0. The first-order valence-corrected chi connectivity index (χ1v) is 7.05. The molecular formula is C18H14N2O3. The predicted molar refractivity (Wildman–Crippen MR) is 85.8 cm³/mol. The molecule has 1 heterocycles. The van der Waals surface area contributed by atoms with E-state index in [1.54, 1.807) is 30.3 Å². The highest BCUT2D eigenvalue weighted by molar-refractivity contribution is 5.93. The van der Waals surface area contributed by atoms with Crippen LogP contribution in [0.4, 0.5) is 0 Å². The van der Waals surface area contributed by atoms with E-state index in [-0.39, 0.29) is 12.3 Å². The molecule has 0 aliphatic heterocycles. The summed E-state index contributed by atoms with van der Waals surface area (Å²) in [4.78, 5) is 27.4. The second-order valence-electron chi connectivity index (χ2n) is 5.03. The van der Waals surface area contributed by atoms with Crippen molar-refractivity contribution in [1.29, 1.82) is 0 Å². The van der Waals surface area contributed by atoms with E-state index < -0.39 is 11.9 Å². The van der Waals surface area contributed by atoms with E-state index in [0.29, 0.717) is 5.56 Å². The molecule has 0 fully saturated rings. The Hall–Kier alpha value is -3.21. The smallest absolute Gasteiger partial charge is 0.357 e. The first-order valence-electron chi connectivity index (χ1n) is 7.05. The summed E-state index contributed by atoms with van der Waals surface area (Å²) < 4.78 is 5.25. The van der Waals surface area contributed by atoms with Crippen molar-refractivity contribution in [2.24, 2.45) is 5.73 Å². The highest BCUT2D eigenvalue weighted by Crippen LogP contribution is 2.13. The average Bonchev–Trinajstić information content (AvgIpc) is 2.59. The number of carbonyl (C=O) groups is 2. The number of pyridine rings is 1. The molecule has 0 bridgehead atoms. The van der Waals surface area contributed by atoms with Crippen molar-refractivity contribution in [2.45, 2.75) is 6.61 Å². The second kappa shape index (κ2) is 6.27. The van der Waals surface area contributed by atoms with Gasteiger partial charge in [0, 0.05) is 10.9 Å². The van der Waals surface area contributed by atoms with Crippen LogP contribution in [0, 0.1) is 0 Å². The zero-order valence-corrected chi connectivity index (χ0v) is 12.2. The molecule has 3 rings (SSSR count). The van der Waals surface area contributed by atoms with Crippen molar-refractivity contribution >= 4 is 22.8 Å². The van der Waals surface area contributed by atoms with Gasteiger partial charge in [0.25, 0.3) is 0 Å². The first kappa shape index (κ1) is 14.7. The maximum absolute atomic E-state index is 12.1. The van der Waals surface area contributed by atoms with Gasteiger partial charge in [0.15, 0.2) is 0 Å². The zero-order chi connectivity index (χ0) is 16.2. The number of hydrogen-bond donors (Lipinski definition) is 1. The van der Waals surface area contributed by atoms with Crippen LogP contribution >= 0.6 is 0 Å². The normalized spacial score (nSPS) is 10.4. The summed E-state index contributed by atoms with van der Waals surface area (Å²) in [6.45, 7) is 0.104. The fourth-order valence-corrected chi connectivity index (χ4v) is 2.17. The van der Waals surface area contributed by atoms with E-state index in [0.717, 1.165) is 16.5 Å². The van der Waals surface area contributed by atoms with Gasteiger partial charge in [0.2, 0.25) is 5.91 Å². The minimum absolute atomic E-state index is 0.104. The number of nitrogens with two attached hydrogens (primary N) is 1. The van der Waals surface area contributed by atoms with Gasteiger partial charge in [-0.15, -0.1) is 0 Å². The Morgan fingerprint density at radius 1 is 0.957 bits per heavy atom. The number of esters is 1. The Morgan fingerprint density at radius 3 is 2.43 bits per heavy atom. The molecule has 23 heavy (non-hydrogen) atoms. The van der Waals surface area contributed by atoms with E-state index in [1.807, 2.05) is 30.3 Å². The highest BCUT2D eigenvalue weighted by Gasteiger charge is 2.10. The number of ether oxygens (including phenoxy) is 1. The summed E-state index contributed by atoms with van der Waals surface area (Å²) in [5.74, 6) is -0.983. The lowest BCUT2D eigenvalue weighted by Crippen LogP contribution is -2.11. The van der Waals surface area contributed by atoms with Gasteiger partial charge in [-0.05, 0) is 29.8 Å². The fourth-order valence-electron chi connectivity index (χ4n) is 2.17. The average molecular weight is 306 g/mol. The second-order valence-corrected chi connectivity index (χ2v) is 5.03. The number of benzene rings is 2. The number of nitrogens with zero attached hydrogens (tertiary/aromatic N) is 1. The molecule has 0 unspecified atom stereocenters. The molecule has 114 valence electrons. The molecule has 0 aliphatic carbocycles. The Labute approximate surface area is 132 Å². The molecule has 0 atom stereocenters. The number of rotatable bonds is 4. The van der Waals surface area contributed by atoms with Crippen LogP contribution in [0.15, 0.2) is 60.7 Å². The third kappa shape index (κ3) is 3.35. The van der Waals surface area contributed by atoms with Crippen molar-refractivity contribution in [3.05, 3.63) is 77.5 Å². The van der Waals surface area contributed by atoms with Crippen LogP contribution in [0.3, 0.4) is 0 Å². The standard InChI is InChI=1S/C18H14N2O3/c19-17(21)14-7-5-12(6-8-14)11-23-18(22)16-10-9-13-3-1-2-4-15(13)20-16/h1-10H,11H2,(H2,19,21). The van der Waals surface area contributed by atoms with Gasteiger partial charge in [0.05, 0.1) is 5.52 Å². The van der Waals surface area contributed by atoms with Crippen LogP contribution in [0.2, 0.25) is 0 Å². The van der Waals surface area contributed by atoms with Crippen LogP contribution < -0.4 is 5.73 Å². The van der Waals surface area contributed by atoms with Crippen molar-refractivity contribution < 1.29 is 14.3 Å². The van der Waals surface area contributed by atoms with Gasteiger partial charge in [-0.1, -0.05) is 36.4 Å². The molecule has 0 radical (unpaired) electrons. The lowest BCUT2D eigenvalue weighted by Gasteiger charge is -2.06. The molecule has 3 aromatic rings. The summed E-state index contributed by atoms with van der Waals surface area (Å²) in [5, 5.41) is 0.964. The van der Waals surface area contributed by atoms with E-state index in [2.05, 4.69) is 4.98 Å². The largest absolute Gasteiger partial charge is 0.456 e. The monoisotopic (exact) mass is 306 g/mol. The molecule has 2 N–H and O–H groups in total. The van der Waals surface area contributed by atoms with Gasteiger partial charge in [0.1, 0.15) is 12.3 Å². The summed E-state index contributed by atoms with van der Waals surface area (Å²) in [5.41, 5.74) is 7.36. The molecule has 0 saturated carbocycles. The van der Waals surface area contributed by atoms with E-state index in [4.69, 9.17) is 10.5 Å². The van der Waals surface area contributed by atoms with Gasteiger partial charge in [-0.2, -0.15) is 0 Å². The highest BCUT2D eigenvalue weighted by atomic mass is 16.5. The number of hydrogen-bond acceptors (Lipinski definition) is 4. The molecule has 0 aliphatic rings. The van der Waals surface area contributed by atoms with Crippen LogP contribution in [0.5, 0.6) is 0 Å². The van der Waals surface area contributed by atoms with Gasteiger partial charge in [-0.3, -0.25) is 4.79 Å². The Kier molecular flexibility index (Phi) is 4.01. The number of para-hydroxylation sites is 1. The maximum atomic E-state index is 12.1. The van der Waals surface area contributed by atoms with Gasteiger partial charge < -0.3 is 10.5 Å². The number of aromatic nitrogens is 1. The maximum Gasteiger partial charge on any atom is 0.357 e. The topological polar surface area (TPSA) is 82.3 Å². The van der Waals surface area contributed by atoms with Crippen molar-refractivity contribution in [1.82, 2.24) is 4.98 Å². The molecule has 0 spiro atoms. The zero-order valence-electron chi connectivity index (χ0n) is 12.2. The SMILES string of the molecule is NC(=O)c1ccc(COC(=O)c2ccc3ccccc3n2)cc1. The predicted octanol–water partition coefficient (Wildman–Crippen LogP) is 2.69. The van der Waals surface area contributed by atoms with Crippen LogP contribution in [-0.4, -0.2) is 16.9 Å². The molecule has 2 aromatic carbocycles. The third-order valence-electron chi connectivity index (χ3n) is 3.42. The van der Waals surface area contributed by atoms with Crippen molar-refractivity contribution in [3.63, 3.8) is 0 Å². The quantitative estimate of drug-likeness (QED) is 0.751. The van der Waals surface area contributed by atoms with Gasteiger partial charge in [-0.25, -0.2) is 9.78 Å². The molecule has 5 nitrogen and oxygen atoms in total. The third-order valence-corrected chi connectivity index (χ3v) is 3.42. The Morgan fingerprint density at radius 2 is 1.70 bits per heavy atom. The fraction of sp³-hybridized carbons (Fsp3) is 0.0556. The number of primary amides is 1. The summed E-state index contributed by atoms with van der Waals surface area (Å²) in [6, 6.07) is 17.6. The Balaban J connectivity index is 1.69. The van der Waals surface area contributed by atoms with Crippen molar-refractivity contribution in [2.75, 3.05) is 0 Å². The number of carbonyl (C=O) groups excluding carboxylic acids is 2. The Bertz CT molecular complexity index is 873. The van der Waals surface area contributed by atoms with Gasteiger partial charge >= 0.3 is 5.97 Å². The van der Waals surface area contributed by atoms with Crippen LogP contribution in [0.1, 0.15) is 26.4 Å². The van der Waals surface area contributed by atoms with E-state index in [9.17, 15) is 9.59 Å². The first-order chi connectivity index (χ1) is 11.1. The lowest BCUT2D eigenvalue weighted by molar-refractivity contribution is 0.0466. The van der Waals surface area contributed by atoms with E-state index in [1.165, 1.54) is 0 Å².